The van der Waals surface area contributed by atoms with Gasteiger partial charge in [-0.3, -0.25) is 9.69 Å². The molecule has 0 unspecified atom stereocenters. The molecule has 1 aliphatic carbocycles. The Labute approximate surface area is 177 Å². The zero-order valence-electron chi connectivity index (χ0n) is 18.0. The molecule has 0 radical (unpaired) electrons. The van der Waals surface area contributed by atoms with Crippen LogP contribution in [0.2, 0.25) is 0 Å². The number of carbonyl (C=O) groups excluding carboxylic acids is 1. The first-order valence-corrected chi connectivity index (χ1v) is 12.0. The van der Waals surface area contributed by atoms with E-state index in [0.717, 1.165) is 61.4 Å². The highest BCUT2D eigenvalue weighted by atomic mass is 32.1. The third kappa shape index (κ3) is 4.40. The van der Waals surface area contributed by atoms with Crippen LogP contribution in [0.5, 0.6) is 0 Å². The first kappa shape index (κ1) is 20.5. The summed E-state index contributed by atoms with van der Waals surface area (Å²) >= 11 is 1.84. The Morgan fingerprint density at radius 3 is 2.76 bits per heavy atom. The van der Waals surface area contributed by atoms with Crippen molar-refractivity contribution in [3.63, 3.8) is 0 Å². The van der Waals surface area contributed by atoms with Gasteiger partial charge in [0.05, 0.1) is 18.5 Å². The highest BCUT2D eigenvalue weighted by molar-refractivity contribution is 7.19. The molecule has 29 heavy (non-hydrogen) atoms. The Balaban J connectivity index is 1.68. The van der Waals surface area contributed by atoms with Crippen molar-refractivity contribution in [2.75, 3.05) is 37.6 Å². The van der Waals surface area contributed by atoms with Gasteiger partial charge in [-0.15, -0.1) is 11.3 Å². The summed E-state index contributed by atoms with van der Waals surface area (Å²) in [7, 11) is 0. The van der Waals surface area contributed by atoms with Gasteiger partial charge in [-0.2, -0.15) is 0 Å². The Morgan fingerprint density at radius 2 is 2.03 bits per heavy atom. The molecule has 0 spiro atoms. The minimum atomic E-state index is 0.0551. The quantitative estimate of drug-likeness (QED) is 0.751. The molecular formula is C22H33N5OS. The van der Waals surface area contributed by atoms with Crippen LogP contribution in [0.3, 0.4) is 0 Å². The van der Waals surface area contributed by atoms with E-state index in [4.69, 9.17) is 9.97 Å². The van der Waals surface area contributed by atoms with E-state index in [1.165, 1.54) is 35.1 Å². The number of fused-ring (bicyclic) bond motifs is 3. The molecule has 1 saturated heterocycles. The van der Waals surface area contributed by atoms with E-state index in [2.05, 4.69) is 29.0 Å². The minimum Gasteiger partial charge on any atom is -0.355 e. The van der Waals surface area contributed by atoms with Crippen molar-refractivity contribution < 1.29 is 4.79 Å². The lowest BCUT2D eigenvalue weighted by molar-refractivity contribution is -0.119. The molecule has 1 N–H and O–H groups in total. The number of likely N-dealkylation sites (tertiary alicyclic amines) is 1. The van der Waals surface area contributed by atoms with Crippen LogP contribution in [0.25, 0.3) is 10.2 Å². The van der Waals surface area contributed by atoms with Crippen LogP contribution in [0.4, 0.5) is 5.82 Å². The number of anilines is 1. The number of amides is 1. The number of piperidine rings is 1. The number of nitrogens with zero attached hydrogens (tertiary/aromatic N) is 4. The second-order valence-corrected chi connectivity index (χ2v) is 9.51. The number of likely N-dealkylation sites (N-methyl/N-ethyl adjacent to an activating group) is 2. The molecule has 2 aromatic rings. The molecule has 2 aromatic heterocycles. The summed E-state index contributed by atoms with van der Waals surface area (Å²) in [5.41, 5.74) is 1.42. The zero-order valence-corrected chi connectivity index (χ0v) is 18.8. The fraction of sp³-hybridized carbons (Fsp3) is 0.682. The molecule has 1 amide bonds. The predicted octanol–water partition coefficient (Wildman–Crippen LogP) is 3.37. The average molecular weight is 416 g/mol. The second-order valence-electron chi connectivity index (χ2n) is 8.43. The van der Waals surface area contributed by atoms with Gasteiger partial charge in [0.15, 0.2) is 0 Å². The van der Waals surface area contributed by atoms with E-state index >= 15 is 0 Å². The summed E-state index contributed by atoms with van der Waals surface area (Å²) in [5, 5.41) is 4.13. The predicted molar refractivity (Wildman–Crippen MR) is 120 cm³/mol. The van der Waals surface area contributed by atoms with Crippen molar-refractivity contribution in [3.8, 4) is 0 Å². The number of thiophene rings is 1. The summed E-state index contributed by atoms with van der Waals surface area (Å²) in [6, 6.07) is 0. The van der Waals surface area contributed by atoms with E-state index in [0.29, 0.717) is 13.1 Å². The van der Waals surface area contributed by atoms with Crippen molar-refractivity contribution in [2.45, 2.75) is 59.4 Å². The molecule has 0 atom stereocenters. The first-order valence-electron chi connectivity index (χ1n) is 11.1. The number of rotatable bonds is 7. The maximum absolute atomic E-state index is 12.3. The molecule has 158 valence electrons. The molecule has 2 aliphatic rings. The fourth-order valence-corrected chi connectivity index (χ4v) is 5.78. The Hall–Kier alpha value is -1.73. The van der Waals surface area contributed by atoms with Gasteiger partial charge >= 0.3 is 0 Å². The largest absolute Gasteiger partial charge is 0.355 e. The fourth-order valence-electron chi connectivity index (χ4n) is 4.50. The van der Waals surface area contributed by atoms with Gasteiger partial charge in [0.2, 0.25) is 5.91 Å². The van der Waals surface area contributed by atoms with Crippen molar-refractivity contribution in [1.29, 1.82) is 0 Å². The highest BCUT2D eigenvalue weighted by Crippen LogP contribution is 2.40. The highest BCUT2D eigenvalue weighted by Gasteiger charge is 2.26. The number of hydrogen-bond acceptors (Lipinski definition) is 6. The Morgan fingerprint density at radius 1 is 1.24 bits per heavy atom. The van der Waals surface area contributed by atoms with Gasteiger partial charge in [0, 0.05) is 18.0 Å². The zero-order chi connectivity index (χ0) is 20.4. The topological polar surface area (TPSA) is 61.4 Å². The summed E-state index contributed by atoms with van der Waals surface area (Å²) in [4.78, 5) is 29.5. The third-order valence-corrected chi connectivity index (χ3v) is 7.41. The monoisotopic (exact) mass is 415 g/mol. The van der Waals surface area contributed by atoms with E-state index in [1.54, 1.807) is 0 Å². The number of hydrogen-bond donors (Lipinski definition) is 1. The van der Waals surface area contributed by atoms with Crippen LogP contribution in [0.1, 0.15) is 56.3 Å². The summed E-state index contributed by atoms with van der Waals surface area (Å²) in [6.45, 7) is 11.2. The lowest BCUT2D eigenvalue weighted by Crippen LogP contribution is -2.38. The molecule has 0 saturated carbocycles. The normalized spacial score (nSPS) is 17.6. The van der Waals surface area contributed by atoms with Crippen molar-refractivity contribution in [3.05, 3.63) is 16.3 Å². The van der Waals surface area contributed by atoms with Crippen molar-refractivity contribution in [1.82, 2.24) is 20.2 Å². The van der Waals surface area contributed by atoms with Crippen LogP contribution < -0.4 is 10.2 Å². The van der Waals surface area contributed by atoms with Gasteiger partial charge in [0.25, 0.3) is 0 Å². The van der Waals surface area contributed by atoms with Gasteiger partial charge in [-0.05, 0) is 70.5 Å². The van der Waals surface area contributed by atoms with Gasteiger partial charge in [0.1, 0.15) is 16.5 Å². The second kappa shape index (κ2) is 8.96. The van der Waals surface area contributed by atoms with Gasteiger partial charge < -0.3 is 10.2 Å². The number of aryl methyl sites for hydroxylation is 2. The van der Waals surface area contributed by atoms with Crippen LogP contribution >= 0.6 is 11.3 Å². The number of aromatic nitrogens is 2. The Kier molecular flexibility index (Phi) is 6.35. The Bertz CT molecular complexity index is 872. The van der Waals surface area contributed by atoms with Crippen molar-refractivity contribution >= 4 is 33.3 Å². The maximum atomic E-state index is 12.3. The van der Waals surface area contributed by atoms with E-state index in [9.17, 15) is 4.79 Å². The van der Waals surface area contributed by atoms with Crippen LogP contribution in [-0.2, 0) is 24.2 Å². The van der Waals surface area contributed by atoms with E-state index in [-0.39, 0.29) is 5.91 Å². The molecule has 0 aromatic carbocycles. The minimum absolute atomic E-state index is 0.0551. The molecule has 1 fully saturated rings. The van der Waals surface area contributed by atoms with Gasteiger partial charge in [-0.25, -0.2) is 9.97 Å². The summed E-state index contributed by atoms with van der Waals surface area (Å²) < 4.78 is 0. The molecule has 6 nitrogen and oxygen atoms in total. The number of carbonyl (C=O) groups is 1. The van der Waals surface area contributed by atoms with Gasteiger partial charge in [-0.1, -0.05) is 6.92 Å². The van der Waals surface area contributed by atoms with E-state index in [1.807, 2.05) is 18.3 Å². The third-order valence-electron chi connectivity index (χ3n) is 6.22. The summed E-state index contributed by atoms with van der Waals surface area (Å²) in [5.74, 6) is 2.73. The average Bonchev–Trinajstić information content (AvgIpc) is 3.28. The van der Waals surface area contributed by atoms with Crippen molar-refractivity contribution in [2.24, 2.45) is 5.92 Å². The van der Waals surface area contributed by atoms with Crippen LogP contribution in [-0.4, -0.2) is 53.5 Å². The van der Waals surface area contributed by atoms with Crippen LogP contribution in [0, 0.1) is 5.92 Å². The molecule has 7 heteroatoms. The van der Waals surface area contributed by atoms with E-state index < -0.39 is 0 Å². The molecule has 1 aliphatic heterocycles. The smallest absolute Gasteiger partial charge is 0.239 e. The SMILES string of the molecule is CCNC(=O)CN(CC)c1nc(CN2CCC(C)CC2)nc2sc3c(c12)CCC3. The first-order chi connectivity index (χ1) is 14.1. The standard InChI is InChI=1S/C22H33N5OS/c1-4-23-19(28)14-27(5-2)21-20-16-7-6-8-17(16)29-22(20)25-18(24-21)13-26-11-9-15(3)10-12-26/h15H,4-14H2,1-3H3,(H,23,28). The molecule has 0 bridgehead atoms. The van der Waals surface area contributed by atoms with Crippen LogP contribution in [0.15, 0.2) is 0 Å². The lowest BCUT2D eigenvalue weighted by Gasteiger charge is -2.30. The summed E-state index contributed by atoms with van der Waals surface area (Å²) in [6.07, 6.45) is 5.97. The number of nitrogens with one attached hydrogen (secondary N) is 1. The lowest BCUT2D eigenvalue weighted by atomic mass is 9.99. The maximum Gasteiger partial charge on any atom is 0.239 e. The molecular weight excluding hydrogens is 382 g/mol. The molecule has 3 heterocycles. The molecule has 4 rings (SSSR count).